The van der Waals surface area contributed by atoms with Crippen LogP contribution in [0.25, 0.3) is 0 Å². The number of likely N-dealkylation sites (tertiary alicyclic amines) is 1. The Bertz CT molecular complexity index is 394. The molecule has 0 saturated carbocycles. The molecule has 1 atom stereocenters. The lowest BCUT2D eigenvalue weighted by molar-refractivity contribution is 0.156. The number of aryl methyl sites for hydroxylation is 1. The van der Waals surface area contributed by atoms with E-state index in [4.69, 9.17) is 0 Å². The van der Waals surface area contributed by atoms with Gasteiger partial charge in [0.2, 0.25) is 0 Å². The molecule has 1 aromatic carbocycles. The molecule has 2 heterocycles. The number of nitrogens with one attached hydrogen (secondary N) is 1. The zero-order chi connectivity index (χ0) is 11.7. The minimum atomic E-state index is 0.660. The Balaban J connectivity index is 1.92. The van der Waals surface area contributed by atoms with Gasteiger partial charge >= 0.3 is 0 Å². The SMILES string of the molecule is Cc1cccc2c1C(N1CCCCC1)CCN2. The third kappa shape index (κ3) is 2.06. The summed E-state index contributed by atoms with van der Waals surface area (Å²) >= 11 is 0. The average Bonchev–Trinajstić information content (AvgIpc) is 2.39. The fourth-order valence-electron chi connectivity index (χ4n) is 3.36. The Morgan fingerprint density at radius 3 is 2.82 bits per heavy atom. The lowest BCUT2D eigenvalue weighted by Crippen LogP contribution is -2.37. The number of anilines is 1. The molecule has 2 nitrogen and oxygen atoms in total. The molecule has 1 N–H and O–H groups in total. The van der Waals surface area contributed by atoms with Crippen LogP contribution in [0, 0.1) is 6.92 Å². The van der Waals surface area contributed by atoms with Gasteiger partial charge in [0.05, 0.1) is 0 Å². The first-order valence-electron chi connectivity index (χ1n) is 6.94. The molecule has 2 heteroatoms. The molecule has 0 aliphatic carbocycles. The van der Waals surface area contributed by atoms with Crippen molar-refractivity contribution in [2.45, 2.75) is 38.6 Å². The van der Waals surface area contributed by atoms with E-state index in [2.05, 4.69) is 35.3 Å². The van der Waals surface area contributed by atoms with Gasteiger partial charge in [-0.15, -0.1) is 0 Å². The quantitative estimate of drug-likeness (QED) is 0.796. The molecule has 17 heavy (non-hydrogen) atoms. The molecule has 3 rings (SSSR count). The monoisotopic (exact) mass is 230 g/mol. The lowest BCUT2D eigenvalue weighted by atomic mass is 9.91. The van der Waals surface area contributed by atoms with Crippen molar-refractivity contribution in [1.29, 1.82) is 0 Å². The van der Waals surface area contributed by atoms with E-state index in [9.17, 15) is 0 Å². The lowest BCUT2D eigenvalue weighted by Gasteiger charge is -2.39. The van der Waals surface area contributed by atoms with Crippen LogP contribution < -0.4 is 5.32 Å². The molecule has 1 fully saturated rings. The maximum atomic E-state index is 3.55. The molecule has 92 valence electrons. The van der Waals surface area contributed by atoms with Crippen LogP contribution >= 0.6 is 0 Å². The summed E-state index contributed by atoms with van der Waals surface area (Å²) in [6, 6.07) is 7.31. The number of piperidine rings is 1. The van der Waals surface area contributed by atoms with Gasteiger partial charge in [-0.05, 0) is 56.5 Å². The fraction of sp³-hybridized carbons (Fsp3) is 0.600. The maximum Gasteiger partial charge on any atom is 0.0391 e. The Hall–Kier alpha value is -1.02. The van der Waals surface area contributed by atoms with E-state index in [1.165, 1.54) is 50.0 Å². The third-order valence-electron chi connectivity index (χ3n) is 4.22. The molecule has 1 unspecified atom stereocenters. The standard InChI is InChI=1S/C15H22N2/c1-12-6-5-7-13-15(12)14(8-9-16-13)17-10-3-2-4-11-17/h5-7,14,16H,2-4,8-11H2,1H3. The van der Waals surface area contributed by atoms with E-state index >= 15 is 0 Å². The van der Waals surface area contributed by atoms with Gasteiger partial charge in [0.1, 0.15) is 0 Å². The first kappa shape index (κ1) is 11.1. The fourth-order valence-corrected chi connectivity index (χ4v) is 3.36. The smallest absolute Gasteiger partial charge is 0.0391 e. The van der Waals surface area contributed by atoms with Gasteiger partial charge in [-0.25, -0.2) is 0 Å². The van der Waals surface area contributed by atoms with Crippen molar-refractivity contribution in [3.63, 3.8) is 0 Å². The highest BCUT2D eigenvalue weighted by Gasteiger charge is 2.27. The second kappa shape index (κ2) is 4.69. The second-order valence-corrected chi connectivity index (χ2v) is 5.36. The summed E-state index contributed by atoms with van der Waals surface area (Å²) in [5.74, 6) is 0. The van der Waals surface area contributed by atoms with Crippen LogP contribution in [-0.2, 0) is 0 Å². The Morgan fingerprint density at radius 2 is 2.00 bits per heavy atom. The summed E-state index contributed by atoms with van der Waals surface area (Å²) in [6.45, 7) is 5.96. The van der Waals surface area contributed by atoms with Crippen molar-refractivity contribution < 1.29 is 0 Å². The molecule has 2 aliphatic heterocycles. The van der Waals surface area contributed by atoms with Crippen molar-refractivity contribution in [1.82, 2.24) is 4.90 Å². The van der Waals surface area contributed by atoms with Crippen molar-refractivity contribution in [2.75, 3.05) is 25.0 Å². The molecule has 0 aromatic heterocycles. The number of hydrogen-bond donors (Lipinski definition) is 1. The zero-order valence-corrected chi connectivity index (χ0v) is 10.7. The highest BCUT2D eigenvalue weighted by Crippen LogP contribution is 2.37. The number of rotatable bonds is 1. The number of nitrogens with zero attached hydrogens (tertiary/aromatic N) is 1. The van der Waals surface area contributed by atoms with E-state index in [0.29, 0.717) is 6.04 Å². The van der Waals surface area contributed by atoms with Gasteiger partial charge in [-0.3, -0.25) is 4.90 Å². The van der Waals surface area contributed by atoms with E-state index in [1.807, 2.05) is 0 Å². The van der Waals surface area contributed by atoms with Crippen LogP contribution in [0.5, 0.6) is 0 Å². The molecule has 0 radical (unpaired) electrons. The Kier molecular flexibility index (Phi) is 3.06. The van der Waals surface area contributed by atoms with E-state index < -0.39 is 0 Å². The molecule has 1 aromatic rings. The van der Waals surface area contributed by atoms with Crippen LogP contribution in [-0.4, -0.2) is 24.5 Å². The van der Waals surface area contributed by atoms with E-state index in [0.717, 1.165) is 6.54 Å². The highest BCUT2D eigenvalue weighted by molar-refractivity contribution is 5.57. The molecule has 0 bridgehead atoms. The van der Waals surface area contributed by atoms with Gasteiger partial charge in [0, 0.05) is 18.3 Å². The number of fused-ring (bicyclic) bond motifs is 1. The minimum Gasteiger partial charge on any atom is -0.385 e. The van der Waals surface area contributed by atoms with Crippen LogP contribution in [0.3, 0.4) is 0 Å². The molecule has 0 amide bonds. The summed E-state index contributed by atoms with van der Waals surface area (Å²) in [6.07, 6.45) is 5.44. The van der Waals surface area contributed by atoms with Crippen LogP contribution in [0.2, 0.25) is 0 Å². The second-order valence-electron chi connectivity index (χ2n) is 5.36. The summed E-state index contributed by atoms with van der Waals surface area (Å²) in [5, 5.41) is 3.55. The number of benzene rings is 1. The van der Waals surface area contributed by atoms with Gasteiger partial charge in [-0.2, -0.15) is 0 Å². The van der Waals surface area contributed by atoms with Crippen molar-refractivity contribution in [2.24, 2.45) is 0 Å². The summed E-state index contributed by atoms with van der Waals surface area (Å²) < 4.78 is 0. The predicted octanol–water partition coefficient (Wildman–Crippen LogP) is 3.34. The topological polar surface area (TPSA) is 15.3 Å². The van der Waals surface area contributed by atoms with Crippen LogP contribution in [0.4, 0.5) is 5.69 Å². The first-order chi connectivity index (χ1) is 8.36. The molecular weight excluding hydrogens is 208 g/mol. The zero-order valence-electron chi connectivity index (χ0n) is 10.7. The van der Waals surface area contributed by atoms with E-state index in [1.54, 1.807) is 5.56 Å². The molecule has 2 aliphatic rings. The van der Waals surface area contributed by atoms with Gasteiger partial charge in [0.25, 0.3) is 0 Å². The predicted molar refractivity (Wildman–Crippen MR) is 72.5 cm³/mol. The van der Waals surface area contributed by atoms with Crippen LogP contribution in [0.15, 0.2) is 18.2 Å². The Labute approximate surface area is 104 Å². The van der Waals surface area contributed by atoms with Gasteiger partial charge < -0.3 is 5.32 Å². The summed E-state index contributed by atoms with van der Waals surface area (Å²) in [5.41, 5.74) is 4.37. The Morgan fingerprint density at radius 1 is 1.18 bits per heavy atom. The van der Waals surface area contributed by atoms with Crippen molar-refractivity contribution >= 4 is 5.69 Å². The molecule has 1 saturated heterocycles. The number of hydrogen-bond acceptors (Lipinski definition) is 2. The van der Waals surface area contributed by atoms with Gasteiger partial charge in [-0.1, -0.05) is 18.6 Å². The summed E-state index contributed by atoms with van der Waals surface area (Å²) in [4.78, 5) is 2.70. The van der Waals surface area contributed by atoms with E-state index in [-0.39, 0.29) is 0 Å². The van der Waals surface area contributed by atoms with Crippen molar-refractivity contribution in [3.05, 3.63) is 29.3 Å². The maximum absolute atomic E-state index is 3.55. The molecular formula is C15H22N2. The molecule has 0 spiro atoms. The summed E-state index contributed by atoms with van der Waals surface area (Å²) in [7, 11) is 0. The normalized spacial score (nSPS) is 25.1. The third-order valence-corrected chi connectivity index (χ3v) is 4.22. The van der Waals surface area contributed by atoms with Crippen molar-refractivity contribution in [3.8, 4) is 0 Å². The highest BCUT2D eigenvalue weighted by atomic mass is 15.2. The van der Waals surface area contributed by atoms with Crippen LogP contribution in [0.1, 0.15) is 42.9 Å². The first-order valence-corrected chi connectivity index (χ1v) is 6.94. The minimum absolute atomic E-state index is 0.660. The average molecular weight is 230 g/mol. The van der Waals surface area contributed by atoms with Gasteiger partial charge in [0.15, 0.2) is 0 Å². The largest absolute Gasteiger partial charge is 0.385 e.